The van der Waals surface area contributed by atoms with E-state index in [1.165, 1.54) is 0 Å². The zero-order valence-electron chi connectivity index (χ0n) is 30.2. The van der Waals surface area contributed by atoms with Gasteiger partial charge in [-0.25, -0.2) is 18.0 Å². The predicted molar refractivity (Wildman–Crippen MR) is 199 cm³/mol. The molecule has 4 rings (SSSR count). The highest BCUT2D eigenvalue weighted by atomic mass is 32.2. The summed E-state index contributed by atoms with van der Waals surface area (Å²) < 4.78 is 49.3. The minimum atomic E-state index is -3.74. The van der Waals surface area contributed by atoms with Crippen LogP contribution in [-0.4, -0.2) is 46.8 Å². The van der Waals surface area contributed by atoms with Crippen molar-refractivity contribution in [3.05, 3.63) is 121 Å². The molecule has 51 heavy (non-hydrogen) atoms. The van der Waals surface area contributed by atoms with Crippen molar-refractivity contribution in [3.8, 4) is 33.8 Å². The third kappa shape index (κ3) is 10.9. The summed E-state index contributed by atoms with van der Waals surface area (Å²) in [5.41, 5.74) is 3.48. The monoisotopic (exact) mass is 710 g/mol. The first-order valence-electron chi connectivity index (χ1n) is 16.5. The molecule has 0 aliphatic heterocycles. The first-order valence-corrected chi connectivity index (χ1v) is 18.0. The Labute approximate surface area is 301 Å². The molecule has 268 valence electrons. The van der Waals surface area contributed by atoms with Crippen LogP contribution in [-0.2, 0) is 28.9 Å². The van der Waals surface area contributed by atoms with Crippen LogP contribution in [0.1, 0.15) is 41.5 Å². The number of rotatable bonds is 16. The molecule has 0 aliphatic rings. The van der Waals surface area contributed by atoms with Crippen molar-refractivity contribution in [2.75, 3.05) is 26.4 Å². The number of benzene rings is 4. The van der Waals surface area contributed by atoms with Gasteiger partial charge in [-0.2, -0.15) is 0 Å². The maximum atomic E-state index is 13.5. The molecule has 8 nitrogen and oxygen atoms in total. The average Bonchev–Trinajstić information content (AvgIpc) is 3.11. The van der Waals surface area contributed by atoms with E-state index in [-0.39, 0.29) is 23.0 Å². The lowest BCUT2D eigenvalue weighted by Gasteiger charge is -2.24. The van der Waals surface area contributed by atoms with Gasteiger partial charge in [0.15, 0.2) is 0 Å². The van der Waals surface area contributed by atoms with Gasteiger partial charge in [0.25, 0.3) is 0 Å². The standard InChI is InChI=1S/C42H46O8S/c1-29(2)39(43)49-27-41(5,6)25-47-35-17-9-31(10-18-35)33-13-21-37(22-14-33)51(45,46)38-23-15-34(16-24-38)32-11-19-36(20-12-32)48-26-42(7,8)28-50-40(44)30(3)4/h9-24H,1,3,25-28H2,2,4-8H3. The van der Waals surface area contributed by atoms with Crippen LogP contribution in [0.4, 0.5) is 0 Å². The second-order valence-electron chi connectivity index (χ2n) is 14.2. The Bertz CT molecular complexity index is 1820. The first-order chi connectivity index (χ1) is 24.0. The summed E-state index contributed by atoms with van der Waals surface area (Å²) in [6.07, 6.45) is 0. The number of hydrogen-bond acceptors (Lipinski definition) is 8. The van der Waals surface area contributed by atoms with Crippen LogP contribution in [0.15, 0.2) is 131 Å². The fraction of sp³-hybridized carbons (Fsp3) is 0.286. The lowest BCUT2D eigenvalue weighted by Crippen LogP contribution is -2.28. The Hall–Kier alpha value is -5.15. The molecule has 0 bridgehead atoms. The highest BCUT2D eigenvalue weighted by molar-refractivity contribution is 7.91. The highest BCUT2D eigenvalue weighted by Crippen LogP contribution is 2.30. The van der Waals surface area contributed by atoms with Crippen molar-refractivity contribution in [1.29, 1.82) is 0 Å². The smallest absolute Gasteiger partial charge is 0.333 e. The van der Waals surface area contributed by atoms with Crippen molar-refractivity contribution < 1.29 is 37.0 Å². The van der Waals surface area contributed by atoms with Crippen LogP contribution in [0.3, 0.4) is 0 Å². The van der Waals surface area contributed by atoms with E-state index in [0.29, 0.717) is 35.9 Å². The Kier molecular flexibility index (Phi) is 12.3. The summed E-state index contributed by atoms with van der Waals surface area (Å²) in [4.78, 5) is 23.8. The number of esters is 2. The number of ether oxygens (including phenoxy) is 4. The molecule has 0 saturated heterocycles. The van der Waals surface area contributed by atoms with E-state index in [2.05, 4.69) is 13.2 Å². The maximum Gasteiger partial charge on any atom is 0.333 e. The van der Waals surface area contributed by atoms with Crippen LogP contribution in [0.25, 0.3) is 22.3 Å². The van der Waals surface area contributed by atoms with E-state index in [0.717, 1.165) is 22.3 Å². The van der Waals surface area contributed by atoms with Gasteiger partial charge in [0, 0.05) is 22.0 Å². The molecule has 0 amide bonds. The van der Waals surface area contributed by atoms with E-state index in [9.17, 15) is 18.0 Å². The first kappa shape index (κ1) is 38.6. The van der Waals surface area contributed by atoms with Gasteiger partial charge in [-0.05, 0) is 84.6 Å². The molecular formula is C42H46O8S. The molecule has 0 unspecified atom stereocenters. The number of sulfone groups is 1. The SMILES string of the molecule is C=C(C)C(=O)OCC(C)(C)COc1ccc(-c2ccc(S(=O)(=O)c3ccc(-c4ccc(OCC(C)(C)COC(=O)C(=C)C)cc4)cc3)cc2)cc1. The summed E-state index contributed by atoms with van der Waals surface area (Å²) >= 11 is 0. The maximum absolute atomic E-state index is 13.5. The van der Waals surface area contributed by atoms with Crippen molar-refractivity contribution in [1.82, 2.24) is 0 Å². The lowest BCUT2D eigenvalue weighted by atomic mass is 9.96. The van der Waals surface area contributed by atoms with E-state index in [1.54, 1.807) is 62.4 Å². The molecule has 4 aromatic rings. The summed E-state index contributed by atoms with van der Waals surface area (Å²) in [6.45, 7) is 19.3. The van der Waals surface area contributed by atoms with Gasteiger partial charge in [0.2, 0.25) is 9.84 Å². The van der Waals surface area contributed by atoms with Crippen LogP contribution in [0, 0.1) is 10.8 Å². The van der Waals surface area contributed by atoms with Crippen molar-refractivity contribution >= 4 is 21.8 Å². The Morgan fingerprint density at radius 1 is 0.510 bits per heavy atom. The summed E-state index contributed by atoms with van der Waals surface area (Å²) in [5, 5.41) is 0. The topological polar surface area (TPSA) is 105 Å². The zero-order chi connectivity index (χ0) is 37.4. The average molecular weight is 711 g/mol. The molecule has 0 aliphatic carbocycles. The van der Waals surface area contributed by atoms with Crippen LogP contribution in [0.2, 0.25) is 0 Å². The molecule has 4 aromatic carbocycles. The number of hydrogen-bond donors (Lipinski definition) is 0. The lowest BCUT2D eigenvalue weighted by molar-refractivity contribution is -0.143. The number of carbonyl (C=O) groups excluding carboxylic acids is 2. The van der Waals surface area contributed by atoms with Gasteiger partial charge in [-0.3, -0.25) is 0 Å². The van der Waals surface area contributed by atoms with Crippen LogP contribution >= 0.6 is 0 Å². The van der Waals surface area contributed by atoms with Crippen LogP contribution < -0.4 is 9.47 Å². The van der Waals surface area contributed by atoms with E-state index >= 15 is 0 Å². The van der Waals surface area contributed by atoms with Gasteiger partial charge < -0.3 is 18.9 Å². The van der Waals surface area contributed by atoms with E-state index in [1.807, 2.05) is 76.2 Å². The van der Waals surface area contributed by atoms with Crippen molar-refractivity contribution in [2.45, 2.75) is 51.3 Å². The third-order valence-corrected chi connectivity index (χ3v) is 9.63. The Balaban J connectivity index is 1.33. The molecular weight excluding hydrogens is 665 g/mol. The summed E-state index contributed by atoms with van der Waals surface area (Å²) in [5.74, 6) is 0.497. The second-order valence-corrected chi connectivity index (χ2v) is 16.2. The Morgan fingerprint density at radius 2 is 0.784 bits per heavy atom. The summed E-state index contributed by atoms with van der Waals surface area (Å²) in [6, 6.07) is 28.7. The van der Waals surface area contributed by atoms with Crippen molar-refractivity contribution in [3.63, 3.8) is 0 Å². The molecule has 0 spiro atoms. The fourth-order valence-electron chi connectivity index (χ4n) is 4.69. The zero-order valence-corrected chi connectivity index (χ0v) is 31.0. The minimum absolute atomic E-state index is 0.201. The summed E-state index contributed by atoms with van der Waals surface area (Å²) in [7, 11) is -3.74. The van der Waals surface area contributed by atoms with E-state index < -0.39 is 32.6 Å². The Morgan fingerprint density at radius 3 is 1.06 bits per heavy atom. The largest absolute Gasteiger partial charge is 0.493 e. The quantitative estimate of drug-likeness (QED) is 0.0839. The molecule has 9 heteroatoms. The fourth-order valence-corrected chi connectivity index (χ4v) is 5.95. The number of carbonyl (C=O) groups is 2. The highest BCUT2D eigenvalue weighted by Gasteiger charge is 2.23. The predicted octanol–water partition coefficient (Wildman–Crippen LogP) is 8.90. The molecule has 0 radical (unpaired) electrons. The molecule has 0 fully saturated rings. The third-order valence-electron chi connectivity index (χ3n) is 7.85. The molecule has 0 saturated carbocycles. The molecule has 0 atom stereocenters. The van der Waals surface area contributed by atoms with Gasteiger partial charge in [0.1, 0.15) is 11.5 Å². The minimum Gasteiger partial charge on any atom is -0.493 e. The van der Waals surface area contributed by atoms with Gasteiger partial charge in [-0.1, -0.05) is 89.4 Å². The molecule has 0 aromatic heterocycles. The molecule has 0 N–H and O–H groups in total. The van der Waals surface area contributed by atoms with Gasteiger partial charge in [0.05, 0.1) is 36.2 Å². The molecule has 0 heterocycles. The van der Waals surface area contributed by atoms with Gasteiger partial charge in [-0.15, -0.1) is 0 Å². The van der Waals surface area contributed by atoms with E-state index in [4.69, 9.17) is 18.9 Å². The van der Waals surface area contributed by atoms with Gasteiger partial charge >= 0.3 is 11.9 Å². The van der Waals surface area contributed by atoms with Crippen LogP contribution in [0.5, 0.6) is 11.5 Å². The second kappa shape index (κ2) is 16.2. The van der Waals surface area contributed by atoms with Crippen molar-refractivity contribution in [2.24, 2.45) is 10.8 Å². The normalized spacial score (nSPS) is 11.7.